The van der Waals surface area contributed by atoms with E-state index in [0.29, 0.717) is 75.7 Å². The van der Waals surface area contributed by atoms with Gasteiger partial charge in [0.1, 0.15) is 53.2 Å². The summed E-state index contributed by atoms with van der Waals surface area (Å²) in [7, 11) is 2.69. The minimum Gasteiger partial charge on any atom is -0.477 e. The summed E-state index contributed by atoms with van der Waals surface area (Å²) in [6, 6.07) is 17.0. The lowest BCUT2D eigenvalue weighted by Gasteiger charge is -2.14. The number of amides is 2. The topological polar surface area (TPSA) is 570 Å². The van der Waals surface area contributed by atoms with E-state index in [4.69, 9.17) is 79.1 Å². The second kappa shape index (κ2) is 44.0. The number of hydrazine groups is 1. The molecule has 40 heteroatoms. The van der Waals surface area contributed by atoms with Crippen LogP contribution >= 0.6 is 58.2 Å². The number of nitrogens with zero attached hydrogens (tertiary/aromatic N) is 12. The number of H-pyrrole nitrogens is 1. The van der Waals surface area contributed by atoms with Gasteiger partial charge in [-0.25, -0.2) is 20.5 Å². The minimum absolute atomic E-state index is 0.163. The number of aromatic carboxylic acids is 1. The average molecular weight is 1730 g/mol. The van der Waals surface area contributed by atoms with Crippen LogP contribution in [-0.4, -0.2) is 131 Å². The zero-order valence-corrected chi connectivity index (χ0v) is 69.7. The summed E-state index contributed by atoms with van der Waals surface area (Å²) in [6.45, 7) is 1.47. The highest BCUT2D eigenvalue weighted by atomic mass is 35.5. The number of thiol groups is 1. The third kappa shape index (κ3) is 22.6. The van der Waals surface area contributed by atoms with E-state index >= 15 is 0 Å². The number of carboxylic acids is 1. The summed E-state index contributed by atoms with van der Waals surface area (Å²) in [6.07, 6.45) is 22.9. The van der Waals surface area contributed by atoms with Gasteiger partial charge in [-0.1, -0.05) is 23.7 Å². The van der Waals surface area contributed by atoms with Crippen LogP contribution in [0, 0.1) is 34.0 Å². The first-order valence-electron chi connectivity index (χ1n) is 38.4. The van der Waals surface area contributed by atoms with E-state index in [1.165, 1.54) is 36.9 Å². The number of carboxylic acid groups (broad SMARTS) is 1. The number of ketones is 2. The lowest BCUT2D eigenvalue weighted by molar-refractivity contribution is -0.137. The Morgan fingerprint density at radius 2 is 0.950 bits per heavy atom. The fourth-order valence-electron chi connectivity index (χ4n) is 13.9. The van der Waals surface area contributed by atoms with Gasteiger partial charge in [0, 0.05) is 42.1 Å². The van der Waals surface area contributed by atoms with Gasteiger partial charge in [-0.2, -0.15) is 53.9 Å². The second-order valence-electron chi connectivity index (χ2n) is 27.6. The van der Waals surface area contributed by atoms with Gasteiger partial charge >= 0.3 is 17.9 Å². The van der Waals surface area contributed by atoms with Crippen LogP contribution in [0.3, 0.4) is 0 Å². The number of nitrogens with one attached hydrogen (secondary N) is 3. The van der Waals surface area contributed by atoms with E-state index < -0.39 is 17.8 Å². The lowest BCUT2D eigenvalue weighted by atomic mass is 9.94. The Balaban J connectivity index is 0.000000147. The first kappa shape index (κ1) is 90.2. The lowest BCUT2D eigenvalue weighted by Crippen LogP contribution is -2.29. The molecule has 0 bridgehead atoms. The third-order valence-corrected chi connectivity index (χ3v) is 23.7. The molecule has 2 aromatic carbocycles. The van der Waals surface area contributed by atoms with Gasteiger partial charge in [0.25, 0.3) is 11.5 Å². The smallest absolute Gasteiger partial charge is 0.350 e. The molecular formula is C80H87ClN20O15S4. The van der Waals surface area contributed by atoms with Gasteiger partial charge in [-0.05, 0) is 204 Å². The van der Waals surface area contributed by atoms with Gasteiger partial charge in [-0.3, -0.25) is 34.2 Å². The Bertz CT molecular complexity index is 5660. The van der Waals surface area contributed by atoms with Crippen LogP contribution in [0.25, 0.3) is 30.6 Å². The number of rotatable bonds is 8. The van der Waals surface area contributed by atoms with Crippen molar-refractivity contribution in [2.45, 2.75) is 174 Å². The van der Waals surface area contributed by atoms with Gasteiger partial charge in [0.05, 0.1) is 77.1 Å². The van der Waals surface area contributed by atoms with Crippen LogP contribution in [0.4, 0.5) is 17.1 Å². The van der Waals surface area contributed by atoms with Gasteiger partial charge < -0.3 is 61.8 Å². The first-order valence-corrected chi connectivity index (χ1v) is 41.9. The fourth-order valence-corrected chi connectivity index (χ4v) is 17.1. The van der Waals surface area contributed by atoms with Gasteiger partial charge in [-0.15, -0.1) is 54.4 Å². The van der Waals surface area contributed by atoms with E-state index in [1.54, 1.807) is 11.5 Å². The van der Waals surface area contributed by atoms with Crippen molar-refractivity contribution in [1.29, 1.82) is 15.8 Å². The Morgan fingerprint density at radius 1 is 0.542 bits per heavy atom. The maximum Gasteiger partial charge on any atom is 0.350 e. The highest BCUT2D eigenvalue weighted by Gasteiger charge is 2.29. The molecule has 10 aromatic rings. The molecule has 8 aromatic heterocycles. The van der Waals surface area contributed by atoms with Crippen LogP contribution < -0.4 is 64.0 Å². The van der Waals surface area contributed by atoms with E-state index in [1.807, 2.05) is 42.5 Å². The van der Waals surface area contributed by atoms with Crippen molar-refractivity contribution in [2.75, 3.05) is 50.8 Å². The number of fused-ring (bicyclic) bond motifs is 13. The fraction of sp³-hybridized carbons (Fsp3) is 0.400. The molecule has 1 fully saturated rings. The van der Waals surface area contributed by atoms with E-state index in [9.17, 15) is 38.4 Å². The summed E-state index contributed by atoms with van der Waals surface area (Å²) in [5, 5.41) is 79.7. The molecule has 35 nitrogen and oxygen atoms in total. The maximum absolute atomic E-state index is 12.7. The number of benzene rings is 2. The number of aromatic amines is 1. The summed E-state index contributed by atoms with van der Waals surface area (Å²) in [5.74, 6) is 5.12. The van der Waals surface area contributed by atoms with Crippen LogP contribution in [0.15, 0.2) is 41.2 Å². The summed E-state index contributed by atoms with van der Waals surface area (Å²) < 4.78 is 29.9. The SMILES string of the molecule is COC(=O)CS.COC(=O)c1sc2nnc3c(c2c1N)CCCC3.N#CCC(=O)NN.N#Cc1c(Cl)nnc2c1CCCC2.N#Cc1c2c(n[nH]c1=O)CCCC2.NCc1ccc2c(c1)OCO2.Nc1c(C(=O)NCc2ccc3c(c2)OCO3)sc2nnc3c(c12)CCCC3.Nc1c(C(=O)O)sc2nnc3c(c12)CCCC3.O=C1CCCCC1=O. The van der Waals surface area contributed by atoms with Crippen molar-refractivity contribution in [1.82, 2.24) is 61.7 Å². The zero-order chi connectivity index (χ0) is 85.9. The molecule has 2 aliphatic heterocycles. The molecule has 10 heterocycles. The predicted octanol–water partition coefficient (Wildman–Crippen LogP) is 9.55. The molecule has 0 atom stereocenters. The quantitative estimate of drug-likeness (QED) is 0.0169. The summed E-state index contributed by atoms with van der Waals surface area (Å²) in [4.78, 5) is 90.5. The Kier molecular flexibility index (Phi) is 33.1. The summed E-state index contributed by atoms with van der Waals surface area (Å²) >= 11 is 13.1. The standard InChI is InChI=1S/C19H18N4O3S.C12H13N3O2S.C11H11N3O2S.C9H8ClN3.C9H9N3O.C8H9NO2.C6H8O2.C3H5N3O.C3H6O2S/c20-16-15-11-3-1-2-4-12(11)22-23-19(15)27-17(16)18(24)21-8-10-5-6-13-14(7-10)26-9-25-13;1-17-12(16)10-9(13)8-6-4-2-3-5-7(6)14-15-11(8)18-10;12-8-7-5-3-1-2-4-6(5)13-14-10(7)17-9(8)11(15)16;10-9-7(5-11)6-3-1-2-4-8(6)12-13-9;10-5-7-6-3-1-2-4-8(6)11-12-9(7)13;9-4-6-1-2-7-8(3-6)11-5-10-7;7-5-3-1-2-4-6(5)8;4-2-1-3(7)6-5;1-5-3(4)2-6/h5-7H,1-4,8-9,20H2,(H,21,24);2-5,13H2,1H3;1-4,12H2,(H,15,16);1-4H2;1-4H2,(H,12,13);1-3H,4-5,9H2;1-4H2;1,5H2,(H,6,7);6H,2H2,1H3. The Hall–Kier alpha value is -12.2. The monoisotopic (exact) mass is 1730 g/mol. The zero-order valence-electron chi connectivity index (χ0n) is 65.6. The number of nitriles is 3. The molecule has 0 spiro atoms. The predicted molar refractivity (Wildman–Crippen MR) is 449 cm³/mol. The van der Waals surface area contributed by atoms with Gasteiger partial charge in [0.15, 0.2) is 39.7 Å². The average Bonchev–Trinajstić information content (AvgIpc) is 1.60. The number of ether oxygens (including phenoxy) is 6. The number of aromatic nitrogens is 10. The number of halogens is 1. The van der Waals surface area contributed by atoms with Crippen LogP contribution in [0.1, 0.15) is 204 Å². The van der Waals surface area contributed by atoms with Crippen molar-refractivity contribution in [2.24, 2.45) is 11.6 Å². The number of nitrogen functional groups attached to an aromatic ring is 3. The number of esters is 2. The van der Waals surface area contributed by atoms with Crippen LogP contribution in [0.2, 0.25) is 5.15 Å². The van der Waals surface area contributed by atoms with E-state index in [2.05, 4.69) is 85.6 Å². The first-order chi connectivity index (χ1) is 58.1. The molecule has 14 N–H and O–H groups in total. The number of Topliss-reactive ketones (excluding diaryl/α,β-unsaturated/α-hetero) is 2. The molecule has 628 valence electrons. The number of carbonyl (C=O) groups is 7. The number of aryl methyl sites for hydroxylation is 8. The van der Waals surface area contributed by atoms with E-state index in [-0.39, 0.29) is 63.6 Å². The molecule has 1 saturated carbocycles. The highest BCUT2D eigenvalue weighted by molar-refractivity contribution is 7.81. The minimum atomic E-state index is -0.991. The molecule has 6 aliphatic carbocycles. The molecule has 18 rings (SSSR count). The molecule has 8 aliphatic rings. The number of thiophene rings is 3. The normalized spacial score (nSPS) is 14.3. The highest BCUT2D eigenvalue weighted by Crippen LogP contribution is 2.42. The molecular weight excluding hydrogens is 1640 g/mol. The molecule has 0 saturated heterocycles. The van der Waals surface area contributed by atoms with Crippen molar-refractivity contribution < 1.29 is 67.1 Å². The summed E-state index contributed by atoms with van der Waals surface area (Å²) in [5.41, 5.74) is 39.5. The van der Waals surface area contributed by atoms with Crippen molar-refractivity contribution in [3.63, 3.8) is 0 Å². The number of carbonyl (C=O) groups excluding carboxylic acids is 6. The van der Waals surface area contributed by atoms with E-state index in [0.717, 1.165) is 263 Å². The van der Waals surface area contributed by atoms with Gasteiger partial charge in [0.2, 0.25) is 19.5 Å². The number of hydrogen-bond acceptors (Lipinski definition) is 35. The van der Waals surface area contributed by atoms with Crippen molar-refractivity contribution in [3.05, 3.63) is 145 Å². The molecule has 0 unspecified atom stereocenters. The number of hydrogen-bond donors (Lipinski definition) is 10. The number of nitrogens with two attached hydrogens (primary N) is 5. The third-order valence-electron chi connectivity index (χ3n) is 19.9. The Morgan fingerprint density at radius 3 is 1.38 bits per heavy atom. The number of methoxy groups -OCH3 is 2. The second-order valence-corrected chi connectivity index (χ2v) is 31.3. The van der Waals surface area contributed by atoms with Crippen LogP contribution in [0.5, 0.6) is 23.0 Å². The van der Waals surface area contributed by atoms with Crippen molar-refractivity contribution in [3.8, 4) is 41.2 Å². The molecule has 2 amide bonds. The maximum atomic E-state index is 12.7. The largest absolute Gasteiger partial charge is 0.477 e. The molecule has 120 heavy (non-hydrogen) atoms. The Labute approximate surface area is 709 Å². The molecule has 0 radical (unpaired) electrons. The van der Waals surface area contributed by atoms with Crippen LogP contribution in [-0.2, 0) is 106 Å². The van der Waals surface area contributed by atoms with Crippen molar-refractivity contribution >= 4 is 147 Å². The number of anilines is 3.